The Bertz CT molecular complexity index is 835. The van der Waals surface area contributed by atoms with Crippen molar-refractivity contribution in [2.24, 2.45) is 5.41 Å². The van der Waals surface area contributed by atoms with Crippen LogP contribution in [-0.4, -0.2) is 0 Å². The first-order valence-electron chi connectivity index (χ1n) is 9.39. The molecule has 0 nitrogen and oxygen atoms in total. The first kappa shape index (κ1) is 16.1. The molecule has 0 amide bonds. The molecule has 0 fully saturated rings. The molecule has 0 saturated heterocycles. The Kier molecular flexibility index (Phi) is 4.00. The maximum absolute atomic E-state index is 4.13. The largest absolute Gasteiger partial charge is 0.103 e. The summed E-state index contributed by atoms with van der Waals surface area (Å²) in [5, 5.41) is 0. The number of benzene rings is 2. The Hall–Kier alpha value is -2.34. The molecule has 0 bridgehead atoms. The second-order valence-corrected chi connectivity index (χ2v) is 7.38. The van der Waals surface area contributed by atoms with Crippen molar-refractivity contribution < 1.29 is 0 Å². The minimum atomic E-state index is 0.109. The number of hydrogen-bond acceptors (Lipinski definition) is 0. The summed E-state index contributed by atoms with van der Waals surface area (Å²) in [6.07, 6.45) is 9.98. The fraction of sp³-hybridized carbons (Fsp3) is 0.280. The third-order valence-electron chi connectivity index (χ3n) is 6.29. The van der Waals surface area contributed by atoms with Gasteiger partial charge in [0.1, 0.15) is 0 Å². The van der Waals surface area contributed by atoms with Crippen molar-refractivity contribution in [1.82, 2.24) is 0 Å². The van der Waals surface area contributed by atoms with Gasteiger partial charge in [-0.25, -0.2) is 0 Å². The second kappa shape index (κ2) is 6.19. The van der Waals surface area contributed by atoms with E-state index in [1.165, 1.54) is 27.8 Å². The van der Waals surface area contributed by atoms with Crippen LogP contribution in [0, 0.1) is 5.41 Å². The predicted molar refractivity (Wildman–Crippen MR) is 108 cm³/mol. The van der Waals surface area contributed by atoms with Gasteiger partial charge in [0.05, 0.1) is 0 Å². The number of fused-ring (bicyclic) bond motifs is 3. The van der Waals surface area contributed by atoms with Crippen LogP contribution in [0.15, 0.2) is 84.5 Å². The first-order valence-corrected chi connectivity index (χ1v) is 9.39. The molecule has 126 valence electrons. The fourth-order valence-electron chi connectivity index (χ4n) is 5.20. The lowest BCUT2D eigenvalue weighted by molar-refractivity contribution is 0.298. The Morgan fingerprint density at radius 1 is 1.04 bits per heavy atom. The maximum Gasteiger partial charge on any atom is 0.0198 e. The molecule has 0 aliphatic heterocycles. The standard InChI is InChI=1S/C25H26/c1-4-17-25(5-2,23-16-10-11-18(23)3)24-21-14-8-6-12-19(21)20-13-7-9-15-22(20)24/h4,6-15,24H,1,5,16-17H2,2-3H3. The molecular weight excluding hydrogens is 300 g/mol. The minimum Gasteiger partial charge on any atom is -0.103 e. The number of hydrogen-bond donors (Lipinski definition) is 0. The highest BCUT2D eigenvalue weighted by Gasteiger charge is 2.46. The normalized spacial score (nSPS) is 18.2. The van der Waals surface area contributed by atoms with Crippen molar-refractivity contribution in [2.75, 3.05) is 0 Å². The van der Waals surface area contributed by atoms with Gasteiger partial charge in [-0.1, -0.05) is 84.8 Å². The van der Waals surface area contributed by atoms with Crippen LogP contribution in [0.1, 0.15) is 50.2 Å². The molecule has 1 unspecified atom stereocenters. The van der Waals surface area contributed by atoms with E-state index in [4.69, 9.17) is 0 Å². The van der Waals surface area contributed by atoms with E-state index in [0.717, 1.165) is 19.3 Å². The van der Waals surface area contributed by atoms with Gasteiger partial charge in [0.15, 0.2) is 0 Å². The summed E-state index contributed by atoms with van der Waals surface area (Å²) in [5.74, 6) is 0.410. The van der Waals surface area contributed by atoms with E-state index in [1.807, 2.05) is 0 Å². The van der Waals surface area contributed by atoms with Crippen LogP contribution in [0.25, 0.3) is 11.1 Å². The van der Waals surface area contributed by atoms with Crippen LogP contribution >= 0.6 is 0 Å². The van der Waals surface area contributed by atoms with E-state index in [0.29, 0.717) is 5.92 Å². The highest BCUT2D eigenvalue weighted by atomic mass is 14.5. The quantitative estimate of drug-likeness (QED) is 0.516. The van der Waals surface area contributed by atoms with E-state index < -0.39 is 0 Å². The number of rotatable bonds is 5. The van der Waals surface area contributed by atoms with Crippen molar-refractivity contribution in [1.29, 1.82) is 0 Å². The van der Waals surface area contributed by atoms with Crippen LogP contribution < -0.4 is 0 Å². The Labute approximate surface area is 151 Å². The third-order valence-corrected chi connectivity index (χ3v) is 6.29. The minimum absolute atomic E-state index is 0.109. The average molecular weight is 326 g/mol. The summed E-state index contributed by atoms with van der Waals surface area (Å²) in [7, 11) is 0. The molecule has 2 aliphatic rings. The average Bonchev–Trinajstić information content (AvgIpc) is 3.22. The molecule has 25 heavy (non-hydrogen) atoms. The van der Waals surface area contributed by atoms with Gasteiger partial charge in [0, 0.05) is 11.3 Å². The molecule has 0 radical (unpaired) electrons. The molecule has 0 saturated carbocycles. The summed E-state index contributed by atoms with van der Waals surface area (Å²) in [6, 6.07) is 18.0. The molecule has 0 heteroatoms. The second-order valence-electron chi connectivity index (χ2n) is 7.38. The predicted octanol–water partition coefficient (Wildman–Crippen LogP) is 7.05. The summed E-state index contributed by atoms with van der Waals surface area (Å²) >= 11 is 0. The van der Waals surface area contributed by atoms with Crippen LogP contribution in [0.2, 0.25) is 0 Å². The SMILES string of the molecule is C=CCC(CC)(C1=C(C)C=CC1)C1c2ccccc2-c2ccccc21. The van der Waals surface area contributed by atoms with Crippen molar-refractivity contribution in [3.05, 3.63) is 95.6 Å². The zero-order valence-corrected chi connectivity index (χ0v) is 15.3. The lowest BCUT2D eigenvalue weighted by atomic mass is 9.61. The van der Waals surface area contributed by atoms with Crippen LogP contribution in [0.5, 0.6) is 0 Å². The summed E-state index contributed by atoms with van der Waals surface area (Å²) < 4.78 is 0. The van der Waals surface area contributed by atoms with Gasteiger partial charge in [0.25, 0.3) is 0 Å². The molecule has 2 aliphatic carbocycles. The highest BCUT2D eigenvalue weighted by molar-refractivity contribution is 5.79. The van der Waals surface area contributed by atoms with E-state index >= 15 is 0 Å². The molecule has 0 aromatic heterocycles. The molecular formula is C25H26. The topological polar surface area (TPSA) is 0 Å². The summed E-state index contributed by atoms with van der Waals surface area (Å²) in [4.78, 5) is 0. The molecule has 1 atom stereocenters. The smallest absolute Gasteiger partial charge is 0.0198 e. The summed E-state index contributed by atoms with van der Waals surface area (Å²) in [6.45, 7) is 8.76. The maximum atomic E-state index is 4.13. The van der Waals surface area contributed by atoms with Crippen LogP contribution in [-0.2, 0) is 0 Å². The van der Waals surface area contributed by atoms with Gasteiger partial charge in [-0.15, -0.1) is 6.58 Å². The van der Waals surface area contributed by atoms with Gasteiger partial charge in [-0.05, 0) is 48.4 Å². The van der Waals surface area contributed by atoms with E-state index in [1.54, 1.807) is 5.57 Å². The van der Waals surface area contributed by atoms with Crippen molar-refractivity contribution in [2.45, 2.75) is 39.0 Å². The zero-order chi connectivity index (χ0) is 17.4. The first-order chi connectivity index (χ1) is 12.2. The molecule has 0 heterocycles. The Morgan fingerprint density at radius 3 is 2.12 bits per heavy atom. The van der Waals surface area contributed by atoms with E-state index in [-0.39, 0.29) is 5.41 Å². The van der Waals surface area contributed by atoms with Crippen molar-refractivity contribution in [3.63, 3.8) is 0 Å². The molecule has 2 aromatic carbocycles. The molecule has 0 spiro atoms. The molecule has 0 N–H and O–H groups in total. The number of allylic oxidation sites excluding steroid dienone is 5. The Morgan fingerprint density at radius 2 is 1.64 bits per heavy atom. The van der Waals surface area contributed by atoms with Crippen LogP contribution in [0.3, 0.4) is 0 Å². The van der Waals surface area contributed by atoms with Crippen LogP contribution in [0.4, 0.5) is 0 Å². The monoisotopic (exact) mass is 326 g/mol. The van der Waals surface area contributed by atoms with Gasteiger partial charge >= 0.3 is 0 Å². The molecule has 2 aromatic rings. The van der Waals surface area contributed by atoms with Crippen molar-refractivity contribution in [3.8, 4) is 11.1 Å². The van der Waals surface area contributed by atoms with Gasteiger partial charge < -0.3 is 0 Å². The lowest BCUT2D eigenvalue weighted by Gasteiger charge is -2.41. The third kappa shape index (κ3) is 2.28. The van der Waals surface area contributed by atoms with E-state index in [2.05, 4.69) is 87.2 Å². The van der Waals surface area contributed by atoms with Crippen molar-refractivity contribution >= 4 is 0 Å². The fourth-order valence-corrected chi connectivity index (χ4v) is 5.20. The lowest BCUT2D eigenvalue weighted by Crippen LogP contribution is -2.30. The van der Waals surface area contributed by atoms with E-state index in [9.17, 15) is 0 Å². The van der Waals surface area contributed by atoms with Gasteiger partial charge in [-0.2, -0.15) is 0 Å². The zero-order valence-electron chi connectivity index (χ0n) is 15.3. The Balaban J connectivity index is 2.00. The summed E-state index contributed by atoms with van der Waals surface area (Å²) in [5.41, 5.74) is 8.96. The molecule has 4 rings (SSSR count). The highest BCUT2D eigenvalue weighted by Crippen LogP contribution is 2.60. The van der Waals surface area contributed by atoms with Gasteiger partial charge in [-0.3, -0.25) is 0 Å². The van der Waals surface area contributed by atoms with Gasteiger partial charge in [0.2, 0.25) is 0 Å².